The number of rotatable bonds is 2. The summed E-state index contributed by atoms with van der Waals surface area (Å²) in [5, 5.41) is 2.48. The molecule has 1 amide bonds. The third-order valence-electron chi connectivity index (χ3n) is 3.59. The summed E-state index contributed by atoms with van der Waals surface area (Å²) in [4.78, 5) is 14.0. The Morgan fingerprint density at radius 3 is 2.56 bits per heavy atom. The Balaban J connectivity index is 2.16. The maximum absolute atomic E-state index is 12.0. The number of amides is 1. The van der Waals surface area contributed by atoms with Gasteiger partial charge in [0.2, 0.25) is 5.91 Å². The van der Waals surface area contributed by atoms with E-state index in [1.165, 1.54) is 16.3 Å². The Morgan fingerprint density at radius 2 is 1.83 bits per heavy atom. The van der Waals surface area contributed by atoms with Crippen LogP contribution in [0.4, 0.5) is 5.69 Å². The van der Waals surface area contributed by atoms with Crippen LogP contribution in [-0.4, -0.2) is 12.5 Å². The molecule has 2 aromatic carbocycles. The lowest BCUT2D eigenvalue weighted by Crippen LogP contribution is -2.35. The molecule has 0 radical (unpaired) electrons. The van der Waals surface area contributed by atoms with Crippen LogP contribution >= 0.6 is 0 Å². The molecule has 0 unspecified atom stereocenters. The van der Waals surface area contributed by atoms with Crippen LogP contribution < -0.4 is 4.90 Å². The third kappa shape index (κ3) is 1.78. The molecule has 0 saturated heterocycles. The second-order valence-corrected chi connectivity index (χ2v) is 4.87. The number of benzene rings is 2. The van der Waals surface area contributed by atoms with Crippen molar-refractivity contribution in [1.29, 1.82) is 0 Å². The predicted molar refractivity (Wildman–Crippen MR) is 74.9 cm³/mol. The average Bonchev–Trinajstić information content (AvgIpc) is 2.40. The van der Waals surface area contributed by atoms with Crippen LogP contribution in [0.3, 0.4) is 0 Å². The summed E-state index contributed by atoms with van der Waals surface area (Å²) in [6, 6.07) is 12.8. The van der Waals surface area contributed by atoms with Crippen LogP contribution in [0.1, 0.15) is 25.3 Å². The summed E-state index contributed by atoms with van der Waals surface area (Å²) in [5.41, 5.74) is 2.42. The predicted octanol–water partition coefficient (Wildman–Crippen LogP) is 3.53. The van der Waals surface area contributed by atoms with E-state index < -0.39 is 0 Å². The van der Waals surface area contributed by atoms with Crippen molar-refractivity contribution in [3.8, 4) is 0 Å². The van der Waals surface area contributed by atoms with Crippen molar-refractivity contribution in [1.82, 2.24) is 0 Å². The van der Waals surface area contributed by atoms with Crippen LogP contribution in [0.2, 0.25) is 0 Å². The summed E-state index contributed by atoms with van der Waals surface area (Å²) < 4.78 is 0. The van der Waals surface area contributed by atoms with Crippen molar-refractivity contribution in [2.75, 3.05) is 11.4 Å². The zero-order valence-corrected chi connectivity index (χ0v) is 10.6. The van der Waals surface area contributed by atoms with Crippen molar-refractivity contribution in [2.45, 2.75) is 26.2 Å². The molecular weight excluding hydrogens is 222 g/mol. The first-order valence-electron chi connectivity index (χ1n) is 6.61. The van der Waals surface area contributed by atoms with E-state index in [4.69, 9.17) is 0 Å². The van der Waals surface area contributed by atoms with E-state index in [2.05, 4.69) is 37.3 Å². The standard InChI is InChI=1S/C16H17NO/c1-2-9-17-15-11-13-6-4-3-5-12(13)10-14(15)7-8-16(17)18/h3-6,10-11H,2,7-9H2,1H3. The molecule has 18 heavy (non-hydrogen) atoms. The number of aryl methyl sites for hydroxylation is 1. The molecule has 2 nitrogen and oxygen atoms in total. The van der Waals surface area contributed by atoms with Crippen molar-refractivity contribution >= 4 is 22.4 Å². The molecule has 2 aromatic rings. The molecule has 0 fully saturated rings. The van der Waals surface area contributed by atoms with E-state index in [-0.39, 0.29) is 5.91 Å². The number of hydrogen-bond donors (Lipinski definition) is 0. The first-order chi connectivity index (χ1) is 8.79. The largest absolute Gasteiger partial charge is 0.312 e. The Morgan fingerprint density at radius 1 is 1.11 bits per heavy atom. The fourth-order valence-electron chi connectivity index (χ4n) is 2.71. The zero-order chi connectivity index (χ0) is 12.5. The summed E-state index contributed by atoms with van der Waals surface area (Å²) >= 11 is 0. The molecule has 2 heteroatoms. The molecule has 0 saturated carbocycles. The number of fused-ring (bicyclic) bond motifs is 2. The monoisotopic (exact) mass is 239 g/mol. The van der Waals surface area contributed by atoms with Gasteiger partial charge in [0.1, 0.15) is 0 Å². The quantitative estimate of drug-likeness (QED) is 0.785. The lowest BCUT2D eigenvalue weighted by atomic mass is 9.97. The van der Waals surface area contributed by atoms with Crippen LogP contribution in [0.15, 0.2) is 36.4 Å². The highest BCUT2D eigenvalue weighted by Gasteiger charge is 2.23. The van der Waals surface area contributed by atoms with Gasteiger partial charge in [-0.25, -0.2) is 0 Å². The molecule has 0 atom stereocenters. The first-order valence-corrected chi connectivity index (χ1v) is 6.61. The molecule has 1 heterocycles. The number of nitrogens with zero attached hydrogens (tertiary/aromatic N) is 1. The van der Waals surface area contributed by atoms with E-state index >= 15 is 0 Å². The maximum Gasteiger partial charge on any atom is 0.227 e. The molecule has 0 spiro atoms. The molecule has 0 bridgehead atoms. The minimum Gasteiger partial charge on any atom is -0.312 e. The topological polar surface area (TPSA) is 20.3 Å². The van der Waals surface area contributed by atoms with Gasteiger partial charge in [0, 0.05) is 18.7 Å². The first kappa shape index (κ1) is 11.3. The Labute approximate surface area is 107 Å². The lowest BCUT2D eigenvalue weighted by molar-refractivity contribution is -0.118. The highest BCUT2D eigenvalue weighted by atomic mass is 16.2. The van der Waals surface area contributed by atoms with Crippen molar-refractivity contribution < 1.29 is 4.79 Å². The number of anilines is 1. The van der Waals surface area contributed by atoms with E-state index in [1.807, 2.05) is 11.0 Å². The Kier molecular flexibility index (Phi) is 2.78. The Hall–Kier alpha value is -1.83. The number of carbonyl (C=O) groups excluding carboxylic acids is 1. The minimum atomic E-state index is 0.264. The van der Waals surface area contributed by atoms with Gasteiger partial charge in [-0.05, 0) is 41.3 Å². The molecule has 0 N–H and O–H groups in total. The molecule has 92 valence electrons. The van der Waals surface area contributed by atoms with Crippen LogP contribution in [0.5, 0.6) is 0 Å². The summed E-state index contributed by atoms with van der Waals surface area (Å²) in [6.07, 6.45) is 2.52. The normalized spacial score (nSPS) is 14.9. The van der Waals surface area contributed by atoms with Crippen LogP contribution in [-0.2, 0) is 11.2 Å². The minimum absolute atomic E-state index is 0.264. The molecule has 1 aliphatic heterocycles. The third-order valence-corrected chi connectivity index (χ3v) is 3.59. The summed E-state index contributed by atoms with van der Waals surface area (Å²) in [5.74, 6) is 0.264. The van der Waals surface area contributed by atoms with E-state index in [1.54, 1.807) is 0 Å². The molecule has 0 aliphatic carbocycles. The van der Waals surface area contributed by atoms with Gasteiger partial charge in [-0.15, -0.1) is 0 Å². The Bertz CT molecular complexity index is 603. The second kappa shape index (κ2) is 4.45. The fraction of sp³-hybridized carbons (Fsp3) is 0.312. The van der Waals surface area contributed by atoms with Crippen molar-refractivity contribution in [2.24, 2.45) is 0 Å². The van der Waals surface area contributed by atoms with Gasteiger partial charge in [0.25, 0.3) is 0 Å². The van der Waals surface area contributed by atoms with Gasteiger partial charge in [-0.1, -0.05) is 31.2 Å². The number of carbonyl (C=O) groups is 1. The van der Waals surface area contributed by atoms with Crippen LogP contribution in [0.25, 0.3) is 10.8 Å². The highest BCUT2D eigenvalue weighted by molar-refractivity contribution is 5.99. The van der Waals surface area contributed by atoms with Gasteiger partial charge in [0.15, 0.2) is 0 Å². The maximum atomic E-state index is 12.0. The molecular formula is C16H17NO. The smallest absolute Gasteiger partial charge is 0.227 e. The summed E-state index contributed by atoms with van der Waals surface area (Å²) in [6.45, 7) is 2.94. The SMILES string of the molecule is CCCN1C(=O)CCc2cc3ccccc3cc21. The van der Waals surface area contributed by atoms with Gasteiger partial charge in [0.05, 0.1) is 0 Å². The average molecular weight is 239 g/mol. The fourth-order valence-corrected chi connectivity index (χ4v) is 2.71. The lowest BCUT2D eigenvalue weighted by Gasteiger charge is -2.29. The van der Waals surface area contributed by atoms with Crippen LogP contribution in [0, 0.1) is 0 Å². The van der Waals surface area contributed by atoms with E-state index in [9.17, 15) is 4.79 Å². The highest BCUT2D eigenvalue weighted by Crippen LogP contribution is 2.32. The molecule has 0 aromatic heterocycles. The number of hydrogen-bond acceptors (Lipinski definition) is 1. The van der Waals surface area contributed by atoms with Gasteiger partial charge in [-0.3, -0.25) is 4.79 Å². The second-order valence-electron chi connectivity index (χ2n) is 4.87. The van der Waals surface area contributed by atoms with Gasteiger partial charge >= 0.3 is 0 Å². The van der Waals surface area contributed by atoms with Gasteiger partial charge < -0.3 is 4.90 Å². The van der Waals surface area contributed by atoms with Crippen molar-refractivity contribution in [3.05, 3.63) is 42.0 Å². The van der Waals surface area contributed by atoms with E-state index in [0.717, 1.165) is 25.1 Å². The van der Waals surface area contributed by atoms with E-state index in [0.29, 0.717) is 6.42 Å². The summed E-state index contributed by atoms with van der Waals surface area (Å²) in [7, 11) is 0. The zero-order valence-electron chi connectivity index (χ0n) is 10.6. The molecule has 1 aliphatic rings. The molecule has 3 rings (SSSR count). The van der Waals surface area contributed by atoms with Crippen molar-refractivity contribution in [3.63, 3.8) is 0 Å². The van der Waals surface area contributed by atoms with Gasteiger partial charge in [-0.2, -0.15) is 0 Å².